The fourth-order valence-corrected chi connectivity index (χ4v) is 3.48. The lowest BCUT2D eigenvalue weighted by Gasteiger charge is -2.13. The molecule has 0 aliphatic carbocycles. The third kappa shape index (κ3) is 6.05. The number of aromatic nitrogens is 1. The summed E-state index contributed by atoms with van der Waals surface area (Å²) in [5.41, 5.74) is 5.05. The maximum Gasteiger partial charge on any atom is 0.191 e. The highest BCUT2D eigenvalue weighted by molar-refractivity contribution is 14.0. The first-order valence-corrected chi connectivity index (χ1v) is 8.75. The van der Waals surface area contributed by atoms with Gasteiger partial charge in [0, 0.05) is 31.4 Å². The van der Waals surface area contributed by atoms with E-state index in [4.69, 9.17) is 0 Å². The molecule has 4 nitrogen and oxygen atoms in total. The molecule has 0 spiro atoms. The molecule has 0 bridgehead atoms. The Morgan fingerprint density at radius 2 is 1.92 bits per heavy atom. The van der Waals surface area contributed by atoms with Gasteiger partial charge in [-0.05, 0) is 38.8 Å². The van der Waals surface area contributed by atoms with Crippen molar-refractivity contribution in [2.75, 3.05) is 13.6 Å². The Bertz CT molecular complexity index is 694. The molecule has 1 aromatic heterocycles. The van der Waals surface area contributed by atoms with E-state index in [0.29, 0.717) is 0 Å². The van der Waals surface area contributed by atoms with Gasteiger partial charge in [-0.25, -0.2) is 4.98 Å². The minimum absolute atomic E-state index is 0. The predicted octanol–water partition coefficient (Wildman–Crippen LogP) is 3.90. The molecule has 0 aliphatic rings. The predicted molar refractivity (Wildman–Crippen MR) is 115 cm³/mol. The van der Waals surface area contributed by atoms with Crippen molar-refractivity contribution in [3.63, 3.8) is 0 Å². The van der Waals surface area contributed by atoms with Crippen LogP contribution in [0.5, 0.6) is 0 Å². The van der Waals surface area contributed by atoms with Crippen LogP contribution in [0.15, 0.2) is 23.2 Å². The molecule has 0 radical (unpaired) electrons. The lowest BCUT2D eigenvalue weighted by Crippen LogP contribution is -2.38. The molecule has 0 saturated heterocycles. The van der Waals surface area contributed by atoms with E-state index in [2.05, 4.69) is 66.5 Å². The zero-order valence-corrected chi connectivity index (χ0v) is 18.2. The van der Waals surface area contributed by atoms with Crippen LogP contribution in [0.3, 0.4) is 0 Å². The normalized spacial score (nSPS) is 11.1. The number of aryl methyl sites for hydroxylation is 4. The van der Waals surface area contributed by atoms with Crippen LogP contribution in [0.25, 0.3) is 0 Å². The van der Waals surface area contributed by atoms with Gasteiger partial charge in [-0.1, -0.05) is 23.8 Å². The molecule has 0 atom stereocenters. The van der Waals surface area contributed by atoms with Crippen LogP contribution in [0, 0.1) is 27.7 Å². The average molecular weight is 458 g/mol. The number of nitrogens with zero attached hydrogens (tertiary/aromatic N) is 2. The van der Waals surface area contributed by atoms with Crippen LogP contribution in [-0.4, -0.2) is 24.5 Å². The Morgan fingerprint density at radius 1 is 1.17 bits per heavy atom. The summed E-state index contributed by atoms with van der Waals surface area (Å²) in [6, 6.07) is 6.53. The maximum atomic E-state index is 4.47. The number of nitrogens with one attached hydrogen (secondary N) is 2. The first-order chi connectivity index (χ1) is 11.0. The molecule has 24 heavy (non-hydrogen) atoms. The van der Waals surface area contributed by atoms with Gasteiger partial charge in [0.05, 0.1) is 10.7 Å². The van der Waals surface area contributed by atoms with Gasteiger partial charge in [-0.3, -0.25) is 4.99 Å². The van der Waals surface area contributed by atoms with Crippen LogP contribution < -0.4 is 10.6 Å². The molecule has 132 valence electrons. The van der Waals surface area contributed by atoms with E-state index in [-0.39, 0.29) is 24.0 Å². The molecular weight excluding hydrogens is 431 g/mol. The molecule has 2 aromatic rings. The van der Waals surface area contributed by atoms with Gasteiger partial charge in [0.2, 0.25) is 0 Å². The second kappa shape index (κ2) is 9.98. The van der Waals surface area contributed by atoms with E-state index < -0.39 is 0 Å². The molecule has 1 heterocycles. The summed E-state index contributed by atoms with van der Waals surface area (Å²) in [7, 11) is 1.80. The Labute approximate surface area is 166 Å². The van der Waals surface area contributed by atoms with Crippen LogP contribution in [0.1, 0.15) is 32.3 Å². The zero-order chi connectivity index (χ0) is 16.8. The van der Waals surface area contributed by atoms with Crippen molar-refractivity contribution < 1.29 is 0 Å². The highest BCUT2D eigenvalue weighted by atomic mass is 127. The van der Waals surface area contributed by atoms with Gasteiger partial charge >= 0.3 is 0 Å². The van der Waals surface area contributed by atoms with Crippen LogP contribution in [0.2, 0.25) is 0 Å². The Hall–Kier alpha value is -1.15. The van der Waals surface area contributed by atoms with Crippen molar-refractivity contribution in [1.82, 2.24) is 15.6 Å². The number of halogens is 1. The van der Waals surface area contributed by atoms with Crippen molar-refractivity contribution in [2.45, 2.75) is 40.7 Å². The Morgan fingerprint density at radius 3 is 2.50 bits per heavy atom. The molecule has 1 aromatic carbocycles. The van der Waals surface area contributed by atoms with E-state index in [1.807, 2.05) is 0 Å². The lowest BCUT2D eigenvalue weighted by atomic mass is 10.1. The van der Waals surface area contributed by atoms with Gasteiger partial charge in [-0.2, -0.15) is 0 Å². The highest BCUT2D eigenvalue weighted by Crippen LogP contribution is 2.17. The average Bonchev–Trinajstić information content (AvgIpc) is 2.82. The van der Waals surface area contributed by atoms with Crippen LogP contribution in [0.4, 0.5) is 0 Å². The van der Waals surface area contributed by atoms with E-state index in [1.54, 1.807) is 18.4 Å². The smallest absolute Gasteiger partial charge is 0.191 e. The van der Waals surface area contributed by atoms with Gasteiger partial charge in [0.1, 0.15) is 0 Å². The highest BCUT2D eigenvalue weighted by Gasteiger charge is 2.05. The standard InChI is InChI=1S/C18H26N4S.HI/c1-12-6-7-16(13(2)10-12)11-21-18(19-5)20-9-8-17-14(3)22-15(4)23-17;/h6-7,10H,8-9,11H2,1-5H3,(H2,19,20,21);1H. The fourth-order valence-electron chi connectivity index (χ4n) is 2.54. The van der Waals surface area contributed by atoms with Gasteiger partial charge < -0.3 is 10.6 Å². The second-order valence-electron chi connectivity index (χ2n) is 5.77. The quantitative estimate of drug-likeness (QED) is 0.406. The molecule has 0 fully saturated rings. The van der Waals surface area contributed by atoms with E-state index in [9.17, 15) is 0 Å². The fraction of sp³-hybridized carbons (Fsp3) is 0.444. The topological polar surface area (TPSA) is 49.3 Å². The summed E-state index contributed by atoms with van der Waals surface area (Å²) in [6.07, 6.45) is 0.974. The van der Waals surface area contributed by atoms with E-state index in [1.165, 1.54) is 21.6 Å². The van der Waals surface area contributed by atoms with Crippen molar-refractivity contribution >= 4 is 41.3 Å². The molecule has 0 amide bonds. The summed E-state index contributed by atoms with van der Waals surface area (Å²) in [6.45, 7) is 10.0. The minimum atomic E-state index is 0. The summed E-state index contributed by atoms with van der Waals surface area (Å²) in [5, 5.41) is 7.89. The minimum Gasteiger partial charge on any atom is -0.356 e. The number of hydrogen-bond acceptors (Lipinski definition) is 3. The zero-order valence-electron chi connectivity index (χ0n) is 15.1. The van der Waals surface area contributed by atoms with E-state index >= 15 is 0 Å². The summed E-state index contributed by atoms with van der Waals surface area (Å²) < 4.78 is 0. The number of aliphatic imine (C=N–C) groups is 1. The Kier molecular flexibility index (Phi) is 8.69. The van der Waals surface area contributed by atoms with Gasteiger partial charge in [0.25, 0.3) is 0 Å². The van der Waals surface area contributed by atoms with Crippen LogP contribution >= 0.6 is 35.3 Å². The van der Waals surface area contributed by atoms with Crippen molar-refractivity contribution in [2.24, 2.45) is 4.99 Å². The third-order valence-electron chi connectivity index (χ3n) is 3.81. The summed E-state index contributed by atoms with van der Waals surface area (Å²) in [5.74, 6) is 0.837. The SMILES string of the molecule is CN=C(NCCc1sc(C)nc1C)NCc1ccc(C)cc1C.I. The maximum absolute atomic E-state index is 4.47. The molecular formula is C18H27IN4S. The molecule has 0 aliphatic heterocycles. The number of rotatable bonds is 5. The van der Waals surface area contributed by atoms with Crippen molar-refractivity contribution in [3.05, 3.63) is 50.5 Å². The lowest BCUT2D eigenvalue weighted by molar-refractivity contribution is 0.794. The van der Waals surface area contributed by atoms with Gasteiger partial charge in [0.15, 0.2) is 5.96 Å². The first kappa shape index (κ1) is 20.9. The van der Waals surface area contributed by atoms with Crippen molar-refractivity contribution in [3.8, 4) is 0 Å². The number of benzene rings is 1. The molecule has 6 heteroatoms. The number of thiazole rings is 1. The molecule has 0 unspecified atom stereocenters. The number of hydrogen-bond donors (Lipinski definition) is 2. The monoisotopic (exact) mass is 458 g/mol. The molecule has 2 N–H and O–H groups in total. The van der Waals surface area contributed by atoms with Gasteiger partial charge in [-0.15, -0.1) is 35.3 Å². The van der Waals surface area contributed by atoms with E-state index in [0.717, 1.165) is 36.2 Å². The van der Waals surface area contributed by atoms with Crippen LogP contribution in [-0.2, 0) is 13.0 Å². The summed E-state index contributed by atoms with van der Waals surface area (Å²) >= 11 is 1.78. The third-order valence-corrected chi connectivity index (χ3v) is 4.94. The van der Waals surface area contributed by atoms with Crippen molar-refractivity contribution in [1.29, 1.82) is 0 Å². The summed E-state index contributed by atoms with van der Waals surface area (Å²) in [4.78, 5) is 10.1. The Balaban J connectivity index is 0.00000288. The molecule has 0 saturated carbocycles. The largest absolute Gasteiger partial charge is 0.356 e. The second-order valence-corrected chi connectivity index (χ2v) is 7.06. The molecule has 2 rings (SSSR count). The first-order valence-electron chi connectivity index (χ1n) is 7.93. The number of guanidine groups is 1.